The average molecular weight is 331 g/mol. The van der Waals surface area contributed by atoms with Gasteiger partial charge in [-0.25, -0.2) is 4.98 Å². The topological polar surface area (TPSA) is 76.3 Å². The fourth-order valence-corrected chi connectivity index (χ4v) is 3.13. The number of aromatic nitrogens is 1. The van der Waals surface area contributed by atoms with E-state index >= 15 is 0 Å². The minimum atomic E-state index is -0.412. The molecule has 23 heavy (non-hydrogen) atoms. The van der Waals surface area contributed by atoms with Gasteiger partial charge in [-0.3, -0.25) is 14.9 Å². The molecule has 3 rings (SSSR count). The molecule has 0 aliphatic heterocycles. The number of amides is 1. The second-order valence-corrected chi connectivity index (χ2v) is 6.78. The van der Waals surface area contributed by atoms with Crippen LogP contribution < -0.4 is 0 Å². The maximum Gasteiger partial charge on any atom is 0.269 e. The first-order chi connectivity index (χ1) is 11.0. The average Bonchev–Trinajstić information content (AvgIpc) is 3.28. The van der Waals surface area contributed by atoms with Crippen molar-refractivity contribution in [3.63, 3.8) is 0 Å². The van der Waals surface area contributed by atoms with Crippen LogP contribution in [0.4, 0.5) is 5.69 Å². The molecule has 2 aromatic rings. The fraction of sp³-hybridized carbons (Fsp3) is 0.375. The van der Waals surface area contributed by atoms with Crippen molar-refractivity contribution in [2.45, 2.75) is 38.8 Å². The van der Waals surface area contributed by atoms with Crippen molar-refractivity contribution in [2.75, 3.05) is 0 Å². The number of thiazole rings is 1. The number of aryl methyl sites for hydroxylation is 1. The molecule has 1 aliphatic carbocycles. The highest BCUT2D eigenvalue weighted by Crippen LogP contribution is 2.29. The molecule has 1 aliphatic rings. The number of hydrogen-bond acceptors (Lipinski definition) is 5. The first kappa shape index (κ1) is 15.6. The van der Waals surface area contributed by atoms with E-state index in [0.29, 0.717) is 6.54 Å². The van der Waals surface area contributed by atoms with Crippen LogP contribution in [0.25, 0.3) is 0 Å². The van der Waals surface area contributed by atoms with E-state index in [1.165, 1.54) is 23.5 Å². The van der Waals surface area contributed by atoms with Crippen LogP contribution in [0.1, 0.15) is 29.1 Å². The molecule has 6 nitrogen and oxygen atoms in total. The van der Waals surface area contributed by atoms with E-state index in [-0.39, 0.29) is 24.1 Å². The Balaban J connectivity index is 1.73. The van der Waals surface area contributed by atoms with Gasteiger partial charge in [-0.2, -0.15) is 0 Å². The van der Waals surface area contributed by atoms with Crippen molar-refractivity contribution in [1.82, 2.24) is 9.88 Å². The molecule has 0 bridgehead atoms. The molecule has 1 saturated carbocycles. The molecule has 1 heterocycles. The maximum atomic E-state index is 12.6. The van der Waals surface area contributed by atoms with Gasteiger partial charge in [0.25, 0.3) is 5.69 Å². The molecule has 120 valence electrons. The Hall–Kier alpha value is -2.28. The number of carbonyl (C=O) groups is 1. The molecule has 7 heteroatoms. The number of rotatable bonds is 6. The van der Waals surface area contributed by atoms with Gasteiger partial charge in [0, 0.05) is 30.1 Å². The monoisotopic (exact) mass is 331 g/mol. The molecule has 0 atom stereocenters. The first-order valence-corrected chi connectivity index (χ1v) is 8.34. The highest BCUT2D eigenvalue weighted by molar-refractivity contribution is 7.09. The Morgan fingerprint density at radius 3 is 2.87 bits per heavy atom. The third-order valence-electron chi connectivity index (χ3n) is 3.78. The van der Waals surface area contributed by atoms with Gasteiger partial charge in [-0.05, 0) is 25.3 Å². The van der Waals surface area contributed by atoms with Gasteiger partial charge in [-0.1, -0.05) is 12.1 Å². The summed E-state index contributed by atoms with van der Waals surface area (Å²) in [5.41, 5.74) is 1.64. The van der Waals surface area contributed by atoms with E-state index in [2.05, 4.69) is 4.98 Å². The predicted molar refractivity (Wildman–Crippen MR) is 87.2 cm³/mol. The molecule has 1 amide bonds. The van der Waals surface area contributed by atoms with Crippen molar-refractivity contribution in [1.29, 1.82) is 0 Å². The Bertz CT molecular complexity index is 740. The highest BCUT2D eigenvalue weighted by Gasteiger charge is 2.32. The van der Waals surface area contributed by atoms with Crippen LogP contribution in [0, 0.1) is 17.0 Å². The van der Waals surface area contributed by atoms with Crippen LogP contribution >= 0.6 is 11.3 Å². The largest absolute Gasteiger partial charge is 0.335 e. The summed E-state index contributed by atoms with van der Waals surface area (Å²) in [6.45, 7) is 2.33. The summed E-state index contributed by atoms with van der Waals surface area (Å²) in [6, 6.07) is 6.73. The number of hydrogen-bond donors (Lipinski definition) is 0. The van der Waals surface area contributed by atoms with Crippen LogP contribution in [0.3, 0.4) is 0 Å². The van der Waals surface area contributed by atoms with Gasteiger partial charge in [-0.15, -0.1) is 11.3 Å². The molecular formula is C16H17N3O3S. The van der Waals surface area contributed by atoms with Gasteiger partial charge < -0.3 is 4.90 Å². The SMILES string of the molecule is Cc1nc(CC(=O)N(Cc2cccc([N+](=O)[O-])c2)C2CC2)cs1. The quantitative estimate of drug-likeness (QED) is 0.602. The van der Waals surface area contributed by atoms with E-state index in [4.69, 9.17) is 0 Å². The molecule has 0 unspecified atom stereocenters. The lowest BCUT2D eigenvalue weighted by Crippen LogP contribution is -2.33. The molecule has 0 radical (unpaired) electrons. The number of nitrogens with zero attached hydrogens (tertiary/aromatic N) is 3. The lowest BCUT2D eigenvalue weighted by molar-refractivity contribution is -0.384. The lowest BCUT2D eigenvalue weighted by atomic mass is 10.1. The van der Waals surface area contributed by atoms with Gasteiger partial charge in [0.05, 0.1) is 22.0 Å². The second-order valence-electron chi connectivity index (χ2n) is 5.71. The van der Waals surface area contributed by atoms with Crippen LogP contribution in [0.15, 0.2) is 29.6 Å². The van der Waals surface area contributed by atoms with E-state index in [1.807, 2.05) is 23.3 Å². The summed E-state index contributed by atoms with van der Waals surface area (Å²) < 4.78 is 0. The lowest BCUT2D eigenvalue weighted by Gasteiger charge is -2.22. The highest BCUT2D eigenvalue weighted by atomic mass is 32.1. The van der Waals surface area contributed by atoms with Crippen molar-refractivity contribution in [2.24, 2.45) is 0 Å². The number of carbonyl (C=O) groups excluding carboxylic acids is 1. The van der Waals surface area contributed by atoms with Crippen molar-refractivity contribution < 1.29 is 9.72 Å². The zero-order valence-corrected chi connectivity index (χ0v) is 13.6. The van der Waals surface area contributed by atoms with Gasteiger partial charge in [0.15, 0.2) is 0 Å². The minimum Gasteiger partial charge on any atom is -0.335 e. The number of nitro groups is 1. The molecule has 1 fully saturated rings. The third kappa shape index (κ3) is 3.92. The Morgan fingerprint density at radius 2 is 2.26 bits per heavy atom. The summed E-state index contributed by atoms with van der Waals surface area (Å²) in [4.78, 5) is 29.2. The maximum absolute atomic E-state index is 12.6. The van der Waals surface area contributed by atoms with Crippen LogP contribution in [0.5, 0.6) is 0 Å². The third-order valence-corrected chi connectivity index (χ3v) is 4.60. The van der Waals surface area contributed by atoms with Crippen LogP contribution in [0.2, 0.25) is 0 Å². The van der Waals surface area contributed by atoms with E-state index in [0.717, 1.165) is 29.1 Å². The second kappa shape index (κ2) is 6.45. The molecule has 1 aromatic heterocycles. The molecule has 0 spiro atoms. The molecule has 1 aromatic carbocycles. The fourth-order valence-electron chi connectivity index (χ4n) is 2.52. The van der Waals surface area contributed by atoms with Crippen LogP contribution in [-0.4, -0.2) is 26.8 Å². The summed E-state index contributed by atoms with van der Waals surface area (Å²) in [5.74, 6) is 0.0318. The summed E-state index contributed by atoms with van der Waals surface area (Å²) in [6.07, 6.45) is 2.28. The van der Waals surface area contributed by atoms with Gasteiger partial charge >= 0.3 is 0 Å². The number of non-ortho nitro benzene ring substituents is 1. The zero-order chi connectivity index (χ0) is 16.4. The Labute approximate surface area is 137 Å². The minimum absolute atomic E-state index is 0.0318. The number of nitro benzene ring substituents is 1. The predicted octanol–water partition coefficient (Wildman–Crippen LogP) is 3.09. The van der Waals surface area contributed by atoms with E-state index < -0.39 is 4.92 Å². The summed E-state index contributed by atoms with van der Waals surface area (Å²) in [7, 11) is 0. The summed E-state index contributed by atoms with van der Waals surface area (Å²) in [5, 5.41) is 13.7. The zero-order valence-electron chi connectivity index (χ0n) is 12.8. The van der Waals surface area contributed by atoms with Crippen molar-refractivity contribution in [3.05, 3.63) is 56.0 Å². The standard InChI is InChI=1S/C16H17N3O3S/c1-11-17-13(10-23-11)8-16(20)18(14-5-6-14)9-12-3-2-4-15(7-12)19(21)22/h2-4,7,10,14H,5-6,8-9H2,1H3. The van der Waals surface area contributed by atoms with Gasteiger partial charge in [0.1, 0.15) is 0 Å². The van der Waals surface area contributed by atoms with Crippen molar-refractivity contribution >= 4 is 22.9 Å². The van der Waals surface area contributed by atoms with Gasteiger partial charge in [0.2, 0.25) is 5.91 Å². The molecule has 0 N–H and O–H groups in total. The Morgan fingerprint density at radius 1 is 1.48 bits per heavy atom. The van der Waals surface area contributed by atoms with Crippen molar-refractivity contribution in [3.8, 4) is 0 Å². The summed E-state index contributed by atoms with van der Waals surface area (Å²) >= 11 is 1.53. The molecular weight excluding hydrogens is 314 g/mol. The Kier molecular flexibility index (Phi) is 4.38. The first-order valence-electron chi connectivity index (χ1n) is 7.47. The smallest absolute Gasteiger partial charge is 0.269 e. The van der Waals surface area contributed by atoms with E-state index in [1.54, 1.807) is 6.07 Å². The molecule has 0 saturated heterocycles. The van der Waals surface area contributed by atoms with Crippen LogP contribution in [-0.2, 0) is 17.8 Å². The normalized spacial score (nSPS) is 13.8. The van der Waals surface area contributed by atoms with E-state index in [9.17, 15) is 14.9 Å². The number of benzene rings is 1.